The van der Waals surface area contributed by atoms with Gasteiger partial charge in [0.25, 0.3) is 0 Å². The Morgan fingerprint density at radius 3 is 2.63 bits per heavy atom. The number of hydrogen-bond acceptors (Lipinski definition) is 6. The molecule has 7 nitrogen and oxygen atoms in total. The maximum absolute atomic E-state index is 9.19. The van der Waals surface area contributed by atoms with Gasteiger partial charge in [0.1, 0.15) is 11.9 Å². The number of amidine groups is 1. The first-order chi connectivity index (χ1) is 9.11. The van der Waals surface area contributed by atoms with Crippen LogP contribution < -0.4 is 5.73 Å². The van der Waals surface area contributed by atoms with Crippen LogP contribution in [0.15, 0.2) is 34.4 Å². The van der Waals surface area contributed by atoms with Gasteiger partial charge in [0, 0.05) is 0 Å². The van der Waals surface area contributed by atoms with Gasteiger partial charge in [-0.25, -0.2) is 10.0 Å². The fraction of sp³-hybridized carbons (Fsp3) is 0.250. The van der Waals surface area contributed by atoms with Crippen molar-refractivity contribution in [1.82, 2.24) is 5.01 Å². The Morgan fingerprint density at radius 2 is 2.05 bits per heavy atom. The van der Waals surface area contributed by atoms with Crippen molar-refractivity contribution in [2.75, 3.05) is 13.2 Å². The third-order valence-electron chi connectivity index (χ3n) is 2.62. The van der Waals surface area contributed by atoms with Gasteiger partial charge in [-0.15, -0.1) is 0 Å². The lowest BCUT2D eigenvalue weighted by atomic mass is 10.2. The van der Waals surface area contributed by atoms with Gasteiger partial charge in [0.2, 0.25) is 0 Å². The average Bonchev–Trinajstić information content (AvgIpc) is 2.73. The summed E-state index contributed by atoms with van der Waals surface area (Å²) in [5, 5.41) is 31.2. The molecule has 1 aliphatic heterocycles. The monoisotopic (exact) mass is 261 g/mol. The molecule has 0 aliphatic carbocycles. The Kier molecular flexibility index (Phi) is 4.00. The highest BCUT2D eigenvalue weighted by molar-refractivity contribution is 6.63. The molecule has 100 valence electrons. The van der Waals surface area contributed by atoms with Gasteiger partial charge in [0.15, 0.2) is 5.84 Å². The predicted octanol–water partition coefficient (Wildman–Crippen LogP) is -0.0203. The topological polar surface area (TPSA) is 118 Å². The molecule has 1 aromatic rings. The minimum absolute atomic E-state index is 0.0733. The van der Waals surface area contributed by atoms with Gasteiger partial charge in [-0.05, 0) is 17.7 Å². The van der Waals surface area contributed by atoms with Gasteiger partial charge in [0.05, 0.1) is 25.1 Å². The molecule has 1 aliphatic rings. The summed E-state index contributed by atoms with van der Waals surface area (Å²) in [5.74, 6) is 0.150. The molecule has 5 N–H and O–H groups in total. The molecule has 1 aromatic carbocycles. The molecule has 1 atom stereocenters. The van der Waals surface area contributed by atoms with E-state index in [1.54, 1.807) is 24.3 Å². The van der Waals surface area contributed by atoms with E-state index in [9.17, 15) is 5.11 Å². The summed E-state index contributed by atoms with van der Waals surface area (Å²) < 4.78 is 0. The van der Waals surface area contributed by atoms with E-state index in [4.69, 9.17) is 16.2 Å². The number of nitrogens with one attached hydrogen (secondary N) is 1. The molecule has 0 spiro atoms. The van der Waals surface area contributed by atoms with Gasteiger partial charge in [-0.1, -0.05) is 12.1 Å². The zero-order valence-corrected chi connectivity index (χ0v) is 10.2. The van der Waals surface area contributed by atoms with Crippen molar-refractivity contribution < 1.29 is 10.2 Å². The molecule has 0 amide bonds. The summed E-state index contributed by atoms with van der Waals surface area (Å²) in [6.45, 7) is 0.197. The maximum atomic E-state index is 9.19. The Bertz CT molecular complexity index is 521. The van der Waals surface area contributed by atoms with Crippen molar-refractivity contribution in [3.05, 3.63) is 29.8 Å². The largest absolute Gasteiger partial charge is 0.394 e. The van der Waals surface area contributed by atoms with E-state index in [0.29, 0.717) is 17.0 Å². The van der Waals surface area contributed by atoms with E-state index in [0.717, 1.165) is 0 Å². The molecule has 1 heterocycles. The Hall–Kier alpha value is -2.09. The highest BCUT2D eigenvalue weighted by Gasteiger charge is 2.19. The Labute approximate surface area is 110 Å². The molecule has 0 bridgehead atoms. The number of hydrogen-bond donors (Lipinski definition) is 4. The number of aliphatic hydroxyl groups excluding tert-OH is 2. The van der Waals surface area contributed by atoms with E-state index in [1.807, 2.05) is 0 Å². The minimum atomic E-state index is -1.01. The zero-order chi connectivity index (χ0) is 13.8. The Morgan fingerprint density at radius 1 is 1.37 bits per heavy atom. The molecular weight excluding hydrogens is 246 g/mol. The highest BCUT2D eigenvalue weighted by Crippen LogP contribution is 2.17. The second-order valence-corrected chi connectivity index (χ2v) is 3.97. The fourth-order valence-electron chi connectivity index (χ4n) is 1.61. The van der Waals surface area contributed by atoms with E-state index in [1.165, 1.54) is 11.2 Å². The first-order valence-corrected chi connectivity index (χ1v) is 5.75. The lowest BCUT2D eigenvalue weighted by Gasteiger charge is -2.11. The van der Waals surface area contributed by atoms with Crippen LogP contribution >= 0.6 is 0 Å². The van der Waals surface area contributed by atoms with Crippen molar-refractivity contribution in [3.63, 3.8) is 0 Å². The van der Waals surface area contributed by atoms with Gasteiger partial charge in [-0.3, -0.25) is 5.41 Å². The van der Waals surface area contributed by atoms with Crippen LogP contribution in [0, 0.1) is 5.41 Å². The summed E-state index contributed by atoms with van der Waals surface area (Å²) in [6, 6.07) is 6.75. The van der Waals surface area contributed by atoms with Crippen LogP contribution in [0.3, 0.4) is 0 Å². The molecule has 19 heavy (non-hydrogen) atoms. The number of nitrogens with two attached hydrogens (primary N) is 1. The number of rotatable bonds is 4. The average molecular weight is 261 g/mol. The summed E-state index contributed by atoms with van der Waals surface area (Å²) >= 11 is 0. The van der Waals surface area contributed by atoms with Crippen LogP contribution in [-0.4, -0.2) is 46.1 Å². The van der Waals surface area contributed by atoms with E-state index >= 15 is 0 Å². The lowest BCUT2D eigenvalue weighted by Crippen LogP contribution is -2.28. The second kappa shape index (κ2) is 5.70. The van der Waals surface area contributed by atoms with Crippen LogP contribution in [0.25, 0.3) is 0 Å². The maximum Gasteiger partial charge on any atom is 0.169 e. The zero-order valence-electron chi connectivity index (χ0n) is 10.2. The van der Waals surface area contributed by atoms with Gasteiger partial charge in [-0.2, -0.15) is 5.10 Å². The van der Waals surface area contributed by atoms with Crippen molar-refractivity contribution in [1.29, 1.82) is 5.41 Å². The molecule has 0 saturated heterocycles. The highest BCUT2D eigenvalue weighted by atomic mass is 16.3. The summed E-state index contributed by atoms with van der Waals surface area (Å²) in [7, 11) is 0. The van der Waals surface area contributed by atoms with Crippen LogP contribution in [0.2, 0.25) is 0 Å². The van der Waals surface area contributed by atoms with Crippen LogP contribution in [0.1, 0.15) is 11.8 Å². The number of hydrazone groups is 1. The second-order valence-electron chi connectivity index (χ2n) is 3.97. The predicted molar refractivity (Wildman–Crippen MR) is 72.7 cm³/mol. The fourth-order valence-corrected chi connectivity index (χ4v) is 1.61. The molecule has 1 unspecified atom stereocenters. The molecule has 2 rings (SSSR count). The molecule has 7 heteroatoms. The van der Waals surface area contributed by atoms with Crippen molar-refractivity contribution in [2.45, 2.75) is 6.23 Å². The molecular formula is C12H15N5O2. The van der Waals surface area contributed by atoms with E-state index < -0.39 is 6.23 Å². The van der Waals surface area contributed by atoms with Gasteiger partial charge >= 0.3 is 0 Å². The third kappa shape index (κ3) is 3.02. The van der Waals surface area contributed by atoms with Crippen LogP contribution in [0.4, 0.5) is 5.69 Å². The first-order valence-electron chi connectivity index (χ1n) is 5.75. The van der Waals surface area contributed by atoms with E-state index in [-0.39, 0.29) is 19.0 Å². The molecule has 0 aromatic heterocycles. The molecule has 0 radical (unpaired) electrons. The molecule has 0 fully saturated rings. The van der Waals surface area contributed by atoms with Crippen molar-refractivity contribution >= 4 is 23.4 Å². The number of nitrogens with zero attached hydrogens (tertiary/aromatic N) is 3. The number of aliphatic imine (C=N–C) groups is 1. The SMILES string of the molecule is N=C1C(=Nc2ccc(C(N)O)cc2)C=NN1CCO. The van der Waals surface area contributed by atoms with Crippen LogP contribution in [-0.2, 0) is 0 Å². The quantitative estimate of drug-likeness (QED) is 0.569. The normalized spacial score (nSPS) is 18.4. The minimum Gasteiger partial charge on any atom is -0.394 e. The molecule has 0 saturated carbocycles. The summed E-state index contributed by atoms with van der Waals surface area (Å²) in [5.41, 5.74) is 7.00. The first kappa shape index (κ1) is 13.3. The van der Waals surface area contributed by atoms with E-state index in [2.05, 4.69) is 10.1 Å². The van der Waals surface area contributed by atoms with Crippen molar-refractivity contribution in [2.24, 2.45) is 15.8 Å². The number of aliphatic hydroxyl groups is 2. The van der Waals surface area contributed by atoms with Gasteiger partial charge < -0.3 is 15.9 Å². The third-order valence-corrected chi connectivity index (χ3v) is 2.62. The van der Waals surface area contributed by atoms with Crippen LogP contribution in [0.5, 0.6) is 0 Å². The smallest absolute Gasteiger partial charge is 0.169 e. The lowest BCUT2D eigenvalue weighted by molar-refractivity contribution is 0.186. The summed E-state index contributed by atoms with van der Waals surface area (Å²) in [4.78, 5) is 4.27. The number of benzene rings is 1. The Balaban J connectivity index is 2.14. The standard InChI is InChI=1S/C12H15N5O2/c13-11-10(7-15-17(11)5-6-18)16-9-3-1-8(2-4-9)12(14)19/h1-4,7,12-13,18-19H,5-6,14H2. The van der Waals surface area contributed by atoms with Crippen molar-refractivity contribution in [3.8, 4) is 0 Å². The number of β-amino-alcohol motifs (C(OH)–C–C–N with tert-alkyl or cyclic N) is 1. The summed E-state index contributed by atoms with van der Waals surface area (Å²) in [6.07, 6.45) is 0.469.